The molecule has 5 nitrogen and oxygen atoms in total. The molecule has 0 aliphatic carbocycles. The fraction of sp³-hybridized carbons (Fsp3) is 0.350. The van der Waals surface area contributed by atoms with Crippen LogP contribution < -0.4 is 4.90 Å². The lowest BCUT2D eigenvalue weighted by Crippen LogP contribution is -2.36. The van der Waals surface area contributed by atoms with Crippen molar-refractivity contribution in [1.29, 1.82) is 0 Å². The molecule has 0 N–H and O–H groups in total. The first kappa shape index (κ1) is 16.0. The number of hydrogen-bond donors (Lipinski definition) is 0. The Bertz CT molecular complexity index is 711. The normalized spacial score (nSPS) is 20.6. The maximum absolute atomic E-state index is 12.2. The van der Waals surface area contributed by atoms with Gasteiger partial charge in [-0.25, -0.2) is 4.79 Å². The van der Waals surface area contributed by atoms with Crippen molar-refractivity contribution in [2.24, 2.45) is 0 Å². The van der Waals surface area contributed by atoms with Gasteiger partial charge in [-0.1, -0.05) is 42.5 Å². The van der Waals surface area contributed by atoms with E-state index in [-0.39, 0.29) is 12.2 Å². The smallest absolute Gasteiger partial charge is 0.410 e. The zero-order valence-corrected chi connectivity index (χ0v) is 14.1. The molecule has 0 unspecified atom stereocenters. The molecule has 2 aliphatic heterocycles. The standard InChI is InChI=1S/C20H22N2O3/c23-20-22(15-19(25-20)17-4-2-1-3-5-17)14-16-6-8-18(9-7-16)21-10-12-24-13-11-21/h1-9,19H,10-15H2/t19-/m0/s1. The van der Waals surface area contributed by atoms with Crippen molar-refractivity contribution < 1.29 is 14.3 Å². The summed E-state index contributed by atoms with van der Waals surface area (Å²) in [5, 5.41) is 0. The van der Waals surface area contributed by atoms with Crippen LogP contribution in [0.2, 0.25) is 0 Å². The molecule has 130 valence electrons. The van der Waals surface area contributed by atoms with Gasteiger partial charge in [0, 0.05) is 25.3 Å². The molecule has 2 fully saturated rings. The molecular formula is C20H22N2O3. The van der Waals surface area contributed by atoms with Gasteiger partial charge in [-0.05, 0) is 23.3 Å². The second-order valence-electron chi connectivity index (χ2n) is 6.43. The van der Waals surface area contributed by atoms with E-state index in [1.807, 2.05) is 30.3 Å². The third-order valence-corrected chi connectivity index (χ3v) is 4.74. The van der Waals surface area contributed by atoms with E-state index in [0.717, 1.165) is 37.4 Å². The quantitative estimate of drug-likeness (QED) is 0.858. The minimum absolute atomic E-state index is 0.179. The van der Waals surface area contributed by atoms with Crippen molar-refractivity contribution in [2.75, 3.05) is 37.7 Å². The minimum Gasteiger partial charge on any atom is -0.439 e. The topological polar surface area (TPSA) is 42.0 Å². The highest BCUT2D eigenvalue weighted by molar-refractivity contribution is 5.70. The van der Waals surface area contributed by atoms with Crippen molar-refractivity contribution in [3.8, 4) is 0 Å². The molecule has 0 saturated carbocycles. The van der Waals surface area contributed by atoms with E-state index in [1.54, 1.807) is 4.90 Å². The van der Waals surface area contributed by atoms with Crippen LogP contribution in [0.4, 0.5) is 10.5 Å². The summed E-state index contributed by atoms with van der Waals surface area (Å²) in [4.78, 5) is 16.2. The molecule has 2 heterocycles. The minimum atomic E-state index is -0.244. The summed E-state index contributed by atoms with van der Waals surface area (Å²) >= 11 is 0. The monoisotopic (exact) mass is 338 g/mol. The van der Waals surface area contributed by atoms with E-state index in [1.165, 1.54) is 5.69 Å². The molecule has 2 saturated heterocycles. The molecule has 25 heavy (non-hydrogen) atoms. The Morgan fingerprint density at radius 1 is 0.960 bits per heavy atom. The van der Waals surface area contributed by atoms with Gasteiger partial charge in [0.2, 0.25) is 0 Å². The van der Waals surface area contributed by atoms with E-state index in [9.17, 15) is 4.79 Å². The SMILES string of the molecule is O=C1O[C@H](c2ccccc2)CN1Cc1ccc(N2CCOCC2)cc1. The van der Waals surface area contributed by atoms with Gasteiger partial charge in [-0.3, -0.25) is 4.90 Å². The summed E-state index contributed by atoms with van der Waals surface area (Å²) in [6.45, 7) is 4.58. The molecule has 0 spiro atoms. The lowest BCUT2D eigenvalue weighted by atomic mass is 10.1. The largest absolute Gasteiger partial charge is 0.439 e. The maximum Gasteiger partial charge on any atom is 0.410 e. The van der Waals surface area contributed by atoms with Crippen molar-refractivity contribution in [1.82, 2.24) is 4.90 Å². The van der Waals surface area contributed by atoms with Crippen LogP contribution in [0.25, 0.3) is 0 Å². The van der Waals surface area contributed by atoms with Crippen LogP contribution in [-0.4, -0.2) is 43.8 Å². The molecule has 4 rings (SSSR count). The lowest BCUT2D eigenvalue weighted by molar-refractivity contribution is 0.122. The fourth-order valence-corrected chi connectivity index (χ4v) is 3.33. The number of cyclic esters (lactones) is 1. The van der Waals surface area contributed by atoms with Crippen molar-refractivity contribution >= 4 is 11.8 Å². The van der Waals surface area contributed by atoms with Crippen LogP contribution in [0, 0.1) is 0 Å². The van der Waals surface area contributed by atoms with Crippen LogP contribution in [0.1, 0.15) is 17.2 Å². The number of amides is 1. The third-order valence-electron chi connectivity index (χ3n) is 4.74. The van der Waals surface area contributed by atoms with Crippen LogP contribution in [0.3, 0.4) is 0 Å². The molecule has 2 aromatic carbocycles. The molecule has 5 heteroatoms. The lowest BCUT2D eigenvalue weighted by Gasteiger charge is -2.29. The Kier molecular flexibility index (Phi) is 4.57. The van der Waals surface area contributed by atoms with E-state index in [2.05, 4.69) is 29.2 Å². The van der Waals surface area contributed by atoms with Crippen molar-refractivity contribution in [3.63, 3.8) is 0 Å². The van der Waals surface area contributed by atoms with Gasteiger partial charge in [-0.2, -0.15) is 0 Å². The van der Waals surface area contributed by atoms with Crippen LogP contribution in [0.5, 0.6) is 0 Å². The van der Waals surface area contributed by atoms with Gasteiger partial charge in [0.1, 0.15) is 6.10 Å². The van der Waals surface area contributed by atoms with Crippen molar-refractivity contribution in [2.45, 2.75) is 12.6 Å². The molecule has 0 aromatic heterocycles. The van der Waals surface area contributed by atoms with Gasteiger partial charge in [0.05, 0.1) is 19.8 Å². The predicted octanol–water partition coefficient (Wildman–Crippen LogP) is 3.22. The summed E-state index contributed by atoms with van der Waals surface area (Å²) in [6, 6.07) is 18.3. The maximum atomic E-state index is 12.2. The number of anilines is 1. The Morgan fingerprint density at radius 2 is 1.68 bits per heavy atom. The van der Waals surface area contributed by atoms with Gasteiger partial charge >= 0.3 is 6.09 Å². The first-order valence-corrected chi connectivity index (χ1v) is 8.72. The average Bonchev–Trinajstić information content (AvgIpc) is 3.04. The first-order chi connectivity index (χ1) is 12.3. The van der Waals surface area contributed by atoms with Gasteiger partial charge in [0.25, 0.3) is 0 Å². The number of morpholine rings is 1. The number of carbonyl (C=O) groups excluding carboxylic acids is 1. The zero-order valence-electron chi connectivity index (χ0n) is 14.1. The molecule has 0 radical (unpaired) electrons. The van der Waals surface area contributed by atoms with Gasteiger partial charge in [0.15, 0.2) is 0 Å². The van der Waals surface area contributed by atoms with Crippen LogP contribution in [0.15, 0.2) is 54.6 Å². The fourth-order valence-electron chi connectivity index (χ4n) is 3.33. The number of benzene rings is 2. The van der Waals surface area contributed by atoms with Crippen LogP contribution >= 0.6 is 0 Å². The Labute approximate surface area is 147 Å². The van der Waals surface area contributed by atoms with Crippen molar-refractivity contribution in [3.05, 3.63) is 65.7 Å². The van der Waals surface area contributed by atoms with E-state index < -0.39 is 0 Å². The first-order valence-electron chi connectivity index (χ1n) is 8.72. The number of hydrogen-bond acceptors (Lipinski definition) is 4. The highest BCUT2D eigenvalue weighted by atomic mass is 16.6. The predicted molar refractivity (Wildman–Crippen MR) is 95.5 cm³/mol. The second-order valence-corrected chi connectivity index (χ2v) is 6.43. The third kappa shape index (κ3) is 3.61. The summed E-state index contributed by atoms with van der Waals surface area (Å²) in [7, 11) is 0. The van der Waals surface area contributed by atoms with E-state index in [4.69, 9.17) is 9.47 Å². The van der Waals surface area contributed by atoms with Gasteiger partial charge < -0.3 is 14.4 Å². The Hall–Kier alpha value is -2.53. The molecule has 2 aliphatic rings. The molecule has 1 amide bonds. The summed E-state index contributed by atoms with van der Waals surface area (Å²) in [5.41, 5.74) is 3.36. The number of ether oxygens (including phenoxy) is 2. The Morgan fingerprint density at radius 3 is 2.40 bits per heavy atom. The summed E-state index contributed by atoms with van der Waals surface area (Å²) in [6.07, 6.45) is -0.424. The molecular weight excluding hydrogens is 316 g/mol. The highest BCUT2D eigenvalue weighted by Crippen LogP contribution is 2.27. The van der Waals surface area contributed by atoms with E-state index in [0.29, 0.717) is 13.1 Å². The summed E-state index contributed by atoms with van der Waals surface area (Å²) < 4.78 is 10.9. The molecule has 0 bridgehead atoms. The highest BCUT2D eigenvalue weighted by Gasteiger charge is 2.32. The Balaban J connectivity index is 1.39. The number of nitrogens with zero attached hydrogens (tertiary/aromatic N) is 2. The summed E-state index contributed by atoms with van der Waals surface area (Å²) in [5.74, 6) is 0. The molecule has 1 atom stereocenters. The second kappa shape index (κ2) is 7.15. The van der Waals surface area contributed by atoms with Crippen LogP contribution in [-0.2, 0) is 16.0 Å². The van der Waals surface area contributed by atoms with E-state index >= 15 is 0 Å². The molecule has 2 aromatic rings. The number of rotatable bonds is 4. The average molecular weight is 338 g/mol. The van der Waals surface area contributed by atoms with Gasteiger partial charge in [-0.15, -0.1) is 0 Å². The number of carbonyl (C=O) groups is 1. The zero-order chi connectivity index (χ0) is 17.1.